The first-order valence-corrected chi connectivity index (χ1v) is 56.8. The molecule has 0 N–H and O–H groups in total. The first kappa shape index (κ1) is 94.7. The molecule has 4 aromatic heterocycles. The molecule has 13 aromatic rings. The second-order valence-corrected chi connectivity index (χ2v) is 63.0. The van der Waals surface area contributed by atoms with E-state index in [-0.39, 0.29) is 66.9 Å². The maximum absolute atomic E-state index is 13.7. The van der Waals surface area contributed by atoms with Crippen LogP contribution in [0.25, 0.3) is 95.6 Å². The van der Waals surface area contributed by atoms with Gasteiger partial charge in [0.15, 0.2) is 0 Å². The lowest BCUT2D eigenvalue weighted by Gasteiger charge is -2.39. The molecule has 0 saturated carbocycles. The van der Waals surface area contributed by atoms with E-state index in [1.165, 1.54) is 76.8 Å². The van der Waals surface area contributed by atoms with Crippen LogP contribution in [-0.2, 0) is 54.1 Å². The van der Waals surface area contributed by atoms with E-state index in [9.17, 15) is 38.4 Å². The van der Waals surface area contributed by atoms with Crippen molar-refractivity contribution in [3.8, 4) is 41.8 Å². The number of amides is 8. The van der Waals surface area contributed by atoms with Gasteiger partial charge >= 0.3 is 0 Å². The van der Waals surface area contributed by atoms with E-state index in [1.54, 1.807) is 65.5 Å². The molecular formula is C116H132N4O8S4Si2. The van der Waals surface area contributed by atoms with Crippen LogP contribution in [0.2, 0.25) is 26.2 Å². The molecule has 0 saturated heterocycles. The normalized spacial score (nSPS) is 17.1. The summed E-state index contributed by atoms with van der Waals surface area (Å²) in [5, 5.41) is 14.7. The summed E-state index contributed by atoms with van der Waals surface area (Å²) in [6.45, 7) is 80.5. The highest BCUT2D eigenvalue weighted by Gasteiger charge is 2.52. The Balaban J connectivity index is 0.000000121. The number of nitrogens with zero attached hydrogens (tertiary/aromatic N) is 4. The number of aryl methyl sites for hydroxylation is 2. The van der Waals surface area contributed by atoms with Gasteiger partial charge in [-0.25, -0.2) is 0 Å². The Labute approximate surface area is 810 Å². The van der Waals surface area contributed by atoms with Gasteiger partial charge in [0.1, 0.15) is 16.1 Å². The number of fused-ring (bicyclic) bond motifs is 14. The minimum absolute atomic E-state index is 0.0662. The number of rotatable bonds is 0. The second-order valence-electron chi connectivity index (χ2n) is 50.2. The maximum atomic E-state index is 13.7. The molecule has 10 heterocycles. The van der Waals surface area contributed by atoms with Gasteiger partial charge in [0.2, 0.25) is 0 Å². The summed E-state index contributed by atoms with van der Waals surface area (Å²) in [6, 6.07) is 28.3. The first-order chi connectivity index (χ1) is 61.3. The monoisotopic (exact) mass is 1890 g/mol. The van der Waals surface area contributed by atoms with E-state index < -0.39 is 50.6 Å². The van der Waals surface area contributed by atoms with E-state index in [4.69, 9.17) is 0 Å². The molecular weight excluding hydrogens is 1760 g/mol. The molecule has 0 atom stereocenters. The van der Waals surface area contributed by atoms with Gasteiger partial charge in [0.25, 0.3) is 47.3 Å². The molecule has 0 fully saturated rings. The zero-order valence-electron chi connectivity index (χ0n) is 86.6. The number of thiophene rings is 4. The van der Waals surface area contributed by atoms with Crippen molar-refractivity contribution in [2.75, 3.05) is 28.2 Å². The predicted octanol–water partition coefficient (Wildman–Crippen LogP) is 26.9. The van der Waals surface area contributed by atoms with Gasteiger partial charge in [-0.3, -0.25) is 58.0 Å². The van der Waals surface area contributed by atoms with Crippen LogP contribution in [0, 0.1) is 27.7 Å². The predicted molar refractivity (Wildman–Crippen MR) is 570 cm³/mol. The van der Waals surface area contributed by atoms with Crippen LogP contribution in [0.1, 0.15) is 363 Å². The molecule has 21 rings (SSSR count). The summed E-state index contributed by atoms with van der Waals surface area (Å²) >= 11 is 8.16. The molecule has 696 valence electrons. The Morgan fingerprint density at radius 2 is 0.515 bits per heavy atom. The highest BCUT2D eigenvalue weighted by molar-refractivity contribution is 7.23. The zero-order valence-corrected chi connectivity index (χ0v) is 91.9. The van der Waals surface area contributed by atoms with Crippen molar-refractivity contribution in [2.45, 2.75) is 302 Å². The van der Waals surface area contributed by atoms with Crippen molar-refractivity contribution in [1.82, 2.24) is 19.6 Å². The van der Waals surface area contributed by atoms with Crippen LogP contribution < -0.4 is 20.7 Å². The Morgan fingerprint density at radius 3 is 0.799 bits per heavy atom. The van der Waals surface area contributed by atoms with Crippen LogP contribution in [0.3, 0.4) is 0 Å². The summed E-state index contributed by atoms with van der Waals surface area (Å²) in [5.74, 6) is -2.80. The number of imide groups is 4. The molecule has 9 aromatic carbocycles. The summed E-state index contributed by atoms with van der Waals surface area (Å²) in [4.78, 5) is 125. The molecule has 134 heavy (non-hydrogen) atoms. The van der Waals surface area contributed by atoms with E-state index in [0.717, 1.165) is 75.5 Å². The van der Waals surface area contributed by atoms with Crippen molar-refractivity contribution in [3.63, 3.8) is 0 Å². The molecule has 8 amide bonds. The average Bonchev–Trinajstić information content (AvgIpc) is 0.878. The lowest BCUT2D eigenvalue weighted by Crippen LogP contribution is -2.51. The smallest absolute Gasteiger partial charge is 0.261 e. The summed E-state index contributed by atoms with van der Waals surface area (Å²) < 4.78 is 0. The van der Waals surface area contributed by atoms with Crippen molar-refractivity contribution >= 4 is 183 Å². The van der Waals surface area contributed by atoms with Crippen molar-refractivity contribution < 1.29 is 38.4 Å². The third-order valence-corrected chi connectivity index (χ3v) is 44.6. The van der Waals surface area contributed by atoms with Gasteiger partial charge in [-0.05, 0) is 274 Å². The third kappa shape index (κ3) is 13.1. The fourth-order valence-electron chi connectivity index (χ4n) is 23.5. The maximum Gasteiger partial charge on any atom is 0.261 e. The fraction of sp³-hybridized carbons (Fsp3) is 0.431. The molecule has 0 spiro atoms. The van der Waals surface area contributed by atoms with Crippen LogP contribution in [0.15, 0.2) is 72.8 Å². The lowest BCUT2D eigenvalue weighted by molar-refractivity contribution is 0.0626. The topological polar surface area (TPSA) is 150 Å². The Morgan fingerprint density at radius 1 is 0.246 bits per heavy atom. The van der Waals surface area contributed by atoms with Crippen molar-refractivity contribution in [1.29, 1.82) is 0 Å². The molecule has 2 aliphatic carbocycles. The SMILES string of the molecule is CC(C)(C)c1cc2c(s1)-c1cc3c(cc1C2(C)C)-c1sc(C(C)(C)C)cc1C3(C)C.CC(C)(C)c1cc2c(s1)-c1cc3c(cc1[Si]2(C)C)-c1sc(C(C)(C)C)cc1[Si]3(C)C.Cc1c(C(C)(C)C)c2c3c(c(C)c(C(C)(C)C)c4c3c1C(=O)N(C)C4=O)C(=O)N(C)C2=O.Cc1cc2c3c(cc(C(C)(C)C)c4c5c(C)cc6c7c(cc(C(C)(C)C)c(c1c34)c75)C(=O)N(C)C6=O)C(=O)N(C)C2=O. The van der Waals surface area contributed by atoms with Gasteiger partial charge in [0, 0.05) is 122 Å². The summed E-state index contributed by atoms with van der Waals surface area (Å²) in [6.07, 6.45) is 0. The summed E-state index contributed by atoms with van der Waals surface area (Å²) in [7, 11) is 2.78. The van der Waals surface area contributed by atoms with Crippen molar-refractivity contribution in [2.24, 2.45) is 0 Å². The van der Waals surface area contributed by atoms with Crippen molar-refractivity contribution in [3.05, 3.63) is 204 Å². The van der Waals surface area contributed by atoms with Crippen LogP contribution in [-0.4, -0.2) is 111 Å². The van der Waals surface area contributed by atoms with E-state index in [0.29, 0.717) is 77.2 Å². The molecule has 0 radical (unpaired) electrons. The van der Waals surface area contributed by atoms with Gasteiger partial charge in [0.05, 0.1) is 22.3 Å². The number of hydrogen-bond acceptors (Lipinski definition) is 12. The average molecular weight is 1890 g/mol. The molecule has 0 bridgehead atoms. The zero-order chi connectivity index (χ0) is 98.8. The Bertz CT molecular complexity index is 7030. The molecule has 8 aliphatic rings. The minimum atomic E-state index is -1.65. The number of carbonyl (C=O) groups is 8. The Hall–Kier alpha value is -9.67. The standard InChI is InChI=1S/C36H34N2O4.C28H34S2.C26H30N2O4.C26H34S2Si2/c1-15-11-17-25-19(33(41)37(9)31(17)39)14-22(36(6,7)8)28-24-16(2)12-18-26-20(34(42)38(10)32(18)40)13-21(35(3,4)5)27(30(24)26)23(15)29(25)28;1-25(2,3)21-13-19-23(29-21)15-11-18-16(12-17(15)27(19,7)8)24-20(28(18,9)10)14-22(30-24)26(4,5)6;1-11-13-15-16-14(22(30)28(10)23(31)17(16)19(11)25(3,4)5)12(2)20(26(6,7)8)18(15)24(32)27(9)21(13)29;1-25(2,3)21-13-19-23(27-21)15-11-18-16(12-17(15)29(19,7)8)24-20(30(18,9)10)14-22(28-24)26(4,5)6/h11-14H,1-10H3;11-14H,1-10H3;1-10H3;11-14H,1-10H3. The largest absolute Gasteiger partial charge is 0.277 e. The van der Waals surface area contributed by atoms with E-state index in [2.05, 4.69) is 250 Å². The quantitative estimate of drug-likeness (QED) is 0.0630. The first-order valence-electron chi connectivity index (χ1n) is 47.5. The highest BCUT2D eigenvalue weighted by Crippen LogP contribution is 2.62. The Kier molecular flexibility index (Phi) is 20.5. The second kappa shape index (κ2) is 29.0. The van der Waals surface area contributed by atoms with E-state index >= 15 is 0 Å². The third-order valence-electron chi connectivity index (χ3n) is 30.8. The van der Waals surface area contributed by atoms with Gasteiger partial charge in [-0.2, -0.15) is 0 Å². The van der Waals surface area contributed by atoms with Crippen LogP contribution >= 0.6 is 45.3 Å². The fourth-order valence-corrected chi connectivity index (χ4v) is 36.5. The van der Waals surface area contributed by atoms with E-state index in [1.807, 2.05) is 116 Å². The lowest BCUT2D eigenvalue weighted by atomic mass is 9.69. The molecule has 18 heteroatoms. The molecule has 6 aliphatic heterocycles. The van der Waals surface area contributed by atoms with Crippen LogP contribution in [0.4, 0.5) is 0 Å². The summed E-state index contributed by atoms with van der Waals surface area (Å²) in [5.41, 5.74) is 22.1. The minimum Gasteiger partial charge on any atom is -0.277 e. The highest BCUT2D eigenvalue weighted by atomic mass is 32.1. The number of benzene rings is 9. The number of carbonyl (C=O) groups excluding carboxylic acids is 8. The van der Waals surface area contributed by atoms with Gasteiger partial charge in [-0.15, -0.1) is 45.3 Å². The number of hydrogen-bond donors (Lipinski definition) is 0. The molecule has 12 nitrogen and oxygen atoms in total. The molecule has 0 unspecified atom stereocenters. The van der Waals surface area contributed by atoms with Gasteiger partial charge < -0.3 is 0 Å². The van der Waals surface area contributed by atoms with Gasteiger partial charge in [-0.1, -0.05) is 232 Å². The van der Waals surface area contributed by atoms with Crippen LogP contribution in [0.5, 0.6) is 0 Å².